The highest BCUT2D eigenvalue weighted by Gasteiger charge is 2.17. The molecule has 1 unspecified atom stereocenters. The SMILES string of the molecule is CC/C=C\C/C=C\C/C=C\CCCCCC(=O)OC(COCCCCCCCCCC)COC(=O)CCCCCCCCCCC/C=C\CCCCCCCC. The van der Waals surface area contributed by atoms with Crippen LogP contribution in [0.4, 0.5) is 0 Å². The average Bonchev–Trinajstić information content (AvgIpc) is 3.20. The van der Waals surface area contributed by atoms with Crippen LogP contribution in [0.1, 0.15) is 239 Å². The van der Waals surface area contributed by atoms with Gasteiger partial charge in [-0.25, -0.2) is 0 Å². The molecule has 0 N–H and O–H groups in total. The number of hydrogen-bond acceptors (Lipinski definition) is 5. The lowest BCUT2D eigenvalue weighted by Crippen LogP contribution is -2.30. The number of rotatable bonds is 44. The van der Waals surface area contributed by atoms with Crippen LogP contribution in [0.15, 0.2) is 48.6 Å². The van der Waals surface area contributed by atoms with Crippen LogP contribution in [0.25, 0.3) is 0 Å². The molecule has 5 nitrogen and oxygen atoms in total. The number of esters is 2. The van der Waals surface area contributed by atoms with Gasteiger partial charge in [0, 0.05) is 19.4 Å². The molecular formula is C51H92O5. The maximum atomic E-state index is 12.7. The summed E-state index contributed by atoms with van der Waals surface area (Å²) in [6, 6.07) is 0. The van der Waals surface area contributed by atoms with Gasteiger partial charge >= 0.3 is 11.9 Å². The van der Waals surface area contributed by atoms with Crippen LogP contribution in [0.3, 0.4) is 0 Å². The predicted molar refractivity (Wildman–Crippen MR) is 242 cm³/mol. The molecule has 326 valence electrons. The maximum absolute atomic E-state index is 12.7. The Morgan fingerprint density at radius 2 is 0.804 bits per heavy atom. The molecule has 0 aliphatic carbocycles. The highest BCUT2D eigenvalue weighted by molar-refractivity contribution is 5.70. The Hall–Kier alpha value is -2.14. The van der Waals surface area contributed by atoms with Crippen molar-refractivity contribution in [1.82, 2.24) is 0 Å². The van der Waals surface area contributed by atoms with Crippen LogP contribution < -0.4 is 0 Å². The summed E-state index contributed by atoms with van der Waals surface area (Å²) in [5.41, 5.74) is 0. The third-order valence-electron chi connectivity index (χ3n) is 10.3. The quantitative estimate of drug-likeness (QED) is 0.0350. The molecule has 0 rings (SSSR count). The molecule has 1 atom stereocenters. The first-order valence-electron chi connectivity index (χ1n) is 24.2. The highest BCUT2D eigenvalue weighted by Crippen LogP contribution is 2.14. The fraction of sp³-hybridized carbons (Fsp3) is 0.804. The summed E-state index contributed by atoms with van der Waals surface area (Å²) in [7, 11) is 0. The number of carbonyl (C=O) groups excluding carboxylic acids is 2. The lowest BCUT2D eigenvalue weighted by molar-refractivity contribution is -0.163. The second-order valence-corrected chi connectivity index (χ2v) is 16.0. The van der Waals surface area contributed by atoms with Crippen molar-refractivity contribution in [2.45, 2.75) is 245 Å². The number of ether oxygens (including phenoxy) is 3. The van der Waals surface area contributed by atoms with E-state index in [1.165, 1.54) is 135 Å². The molecule has 0 aliphatic heterocycles. The molecule has 0 aromatic heterocycles. The van der Waals surface area contributed by atoms with Crippen LogP contribution in [-0.2, 0) is 23.8 Å². The molecule has 0 saturated carbocycles. The molecular weight excluding hydrogens is 693 g/mol. The summed E-state index contributed by atoms with van der Waals surface area (Å²) in [6.45, 7) is 7.68. The van der Waals surface area contributed by atoms with Gasteiger partial charge in [0.2, 0.25) is 0 Å². The summed E-state index contributed by atoms with van der Waals surface area (Å²) < 4.78 is 17.3. The van der Waals surface area contributed by atoms with Gasteiger partial charge in [0.05, 0.1) is 6.61 Å². The van der Waals surface area contributed by atoms with E-state index >= 15 is 0 Å². The Balaban J connectivity index is 4.16. The predicted octanol–water partition coefficient (Wildman–Crippen LogP) is 16.0. The molecule has 0 radical (unpaired) electrons. The van der Waals surface area contributed by atoms with Gasteiger partial charge in [-0.15, -0.1) is 0 Å². The minimum absolute atomic E-state index is 0.0745. The van der Waals surface area contributed by atoms with Crippen molar-refractivity contribution < 1.29 is 23.8 Å². The first-order chi connectivity index (χ1) is 27.6. The van der Waals surface area contributed by atoms with Crippen molar-refractivity contribution >= 4 is 11.9 Å². The number of unbranched alkanes of at least 4 members (excludes halogenated alkanes) is 25. The van der Waals surface area contributed by atoms with Crippen LogP contribution in [0.5, 0.6) is 0 Å². The molecule has 0 aromatic rings. The summed E-state index contributed by atoms with van der Waals surface area (Å²) in [5, 5.41) is 0. The lowest BCUT2D eigenvalue weighted by Gasteiger charge is -2.18. The van der Waals surface area contributed by atoms with Crippen molar-refractivity contribution in [3.63, 3.8) is 0 Å². The standard InChI is InChI=1S/C51H92O5/c1-4-7-10-13-16-19-21-23-24-25-26-27-28-30-31-33-35-38-41-44-50(52)55-48-49(47-54-46-43-40-37-18-15-12-9-6-3)56-51(53)45-42-39-36-34-32-29-22-20-17-14-11-8-5-2/h8,11,17,20,23-24,29,32,49H,4-7,9-10,12-16,18-19,21-22,25-28,30-31,33-48H2,1-3H3/b11-8-,20-17-,24-23-,32-29-. The minimum atomic E-state index is -0.546. The summed E-state index contributed by atoms with van der Waals surface area (Å²) in [4.78, 5) is 25.2. The second-order valence-electron chi connectivity index (χ2n) is 16.0. The third-order valence-corrected chi connectivity index (χ3v) is 10.3. The van der Waals surface area contributed by atoms with E-state index in [1.54, 1.807) is 0 Å². The summed E-state index contributed by atoms with van der Waals surface area (Å²) >= 11 is 0. The fourth-order valence-electron chi connectivity index (χ4n) is 6.75. The largest absolute Gasteiger partial charge is 0.462 e. The zero-order chi connectivity index (χ0) is 40.7. The normalized spacial score (nSPS) is 12.6. The van der Waals surface area contributed by atoms with Gasteiger partial charge in [0.15, 0.2) is 6.10 Å². The van der Waals surface area contributed by atoms with Gasteiger partial charge in [0.25, 0.3) is 0 Å². The maximum Gasteiger partial charge on any atom is 0.306 e. The molecule has 0 bridgehead atoms. The van der Waals surface area contributed by atoms with Crippen molar-refractivity contribution in [3.8, 4) is 0 Å². The van der Waals surface area contributed by atoms with Crippen LogP contribution in [-0.4, -0.2) is 37.9 Å². The van der Waals surface area contributed by atoms with E-state index in [1.807, 2.05) is 0 Å². The van der Waals surface area contributed by atoms with Crippen LogP contribution >= 0.6 is 0 Å². The van der Waals surface area contributed by atoms with Crippen molar-refractivity contribution in [3.05, 3.63) is 48.6 Å². The van der Waals surface area contributed by atoms with E-state index in [2.05, 4.69) is 69.4 Å². The molecule has 0 aromatic carbocycles. The van der Waals surface area contributed by atoms with Crippen molar-refractivity contribution in [2.24, 2.45) is 0 Å². The first kappa shape index (κ1) is 53.9. The molecule has 56 heavy (non-hydrogen) atoms. The second kappa shape index (κ2) is 47.2. The van der Waals surface area contributed by atoms with Gasteiger partial charge in [0.1, 0.15) is 6.61 Å². The van der Waals surface area contributed by atoms with E-state index in [4.69, 9.17) is 14.2 Å². The van der Waals surface area contributed by atoms with Gasteiger partial charge in [-0.05, 0) is 77.0 Å². The molecule has 5 heteroatoms. The Labute approximate surface area is 348 Å². The highest BCUT2D eigenvalue weighted by atomic mass is 16.6. The topological polar surface area (TPSA) is 61.8 Å². The number of carbonyl (C=O) groups is 2. The zero-order valence-electron chi connectivity index (χ0n) is 37.4. The van der Waals surface area contributed by atoms with Gasteiger partial charge in [-0.2, -0.15) is 0 Å². The van der Waals surface area contributed by atoms with Crippen LogP contribution in [0, 0.1) is 0 Å². The van der Waals surface area contributed by atoms with E-state index < -0.39 is 6.10 Å². The molecule has 0 amide bonds. The van der Waals surface area contributed by atoms with E-state index in [9.17, 15) is 9.59 Å². The fourth-order valence-corrected chi connectivity index (χ4v) is 6.75. The van der Waals surface area contributed by atoms with Gasteiger partial charge in [-0.1, -0.05) is 198 Å². The Bertz CT molecular complexity index is 935. The lowest BCUT2D eigenvalue weighted by atomic mass is 10.1. The van der Waals surface area contributed by atoms with Crippen molar-refractivity contribution in [1.29, 1.82) is 0 Å². The molecule has 0 heterocycles. The number of allylic oxidation sites excluding steroid dienone is 8. The molecule has 0 spiro atoms. The smallest absolute Gasteiger partial charge is 0.306 e. The minimum Gasteiger partial charge on any atom is -0.462 e. The Morgan fingerprint density at radius 3 is 1.32 bits per heavy atom. The summed E-state index contributed by atoms with van der Waals surface area (Å²) in [6.07, 6.45) is 56.9. The third kappa shape index (κ3) is 44.6. The van der Waals surface area contributed by atoms with E-state index in [0.29, 0.717) is 19.4 Å². The van der Waals surface area contributed by atoms with Crippen LogP contribution in [0.2, 0.25) is 0 Å². The van der Waals surface area contributed by atoms with Crippen molar-refractivity contribution in [2.75, 3.05) is 19.8 Å². The Morgan fingerprint density at radius 1 is 0.411 bits per heavy atom. The number of hydrogen-bond donors (Lipinski definition) is 0. The van der Waals surface area contributed by atoms with E-state index in [0.717, 1.165) is 70.6 Å². The average molecular weight is 785 g/mol. The Kier molecular flexibility index (Phi) is 45.4. The van der Waals surface area contributed by atoms with Gasteiger partial charge < -0.3 is 14.2 Å². The molecule has 0 aliphatic rings. The monoisotopic (exact) mass is 785 g/mol. The molecule has 0 saturated heterocycles. The molecule has 0 fully saturated rings. The van der Waals surface area contributed by atoms with Gasteiger partial charge in [-0.3, -0.25) is 9.59 Å². The zero-order valence-corrected chi connectivity index (χ0v) is 37.4. The van der Waals surface area contributed by atoms with E-state index in [-0.39, 0.29) is 25.2 Å². The summed E-state index contributed by atoms with van der Waals surface area (Å²) in [5.74, 6) is -0.429. The first-order valence-corrected chi connectivity index (χ1v) is 24.2.